The van der Waals surface area contributed by atoms with Crippen molar-refractivity contribution in [2.24, 2.45) is 0 Å². The lowest BCUT2D eigenvalue weighted by Crippen LogP contribution is -1.89. The third-order valence-electron chi connectivity index (χ3n) is 3.25. The van der Waals surface area contributed by atoms with Crippen molar-refractivity contribution >= 4 is 10.9 Å². The Labute approximate surface area is 101 Å². The average molecular weight is 221 g/mol. The fraction of sp³-hybridized carbons (Fsp3) is 0.125. The van der Waals surface area contributed by atoms with Gasteiger partial charge in [0.2, 0.25) is 0 Å². The smallest absolute Gasteiger partial charge is 0.0492 e. The number of fused-ring (bicyclic) bond motifs is 1. The summed E-state index contributed by atoms with van der Waals surface area (Å²) in [5.41, 5.74) is 5.30. The zero-order valence-electron chi connectivity index (χ0n) is 9.90. The molecule has 0 unspecified atom stereocenters. The van der Waals surface area contributed by atoms with E-state index in [-0.39, 0.29) is 0 Å². The molecule has 0 saturated carbocycles. The van der Waals surface area contributed by atoms with Gasteiger partial charge in [0.25, 0.3) is 0 Å². The first-order valence-corrected chi connectivity index (χ1v) is 5.94. The molecule has 0 radical (unpaired) electrons. The highest BCUT2D eigenvalue weighted by Gasteiger charge is 2.04. The Morgan fingerprint density at radius 2 is 1.76 bits per heavy atom. The van der Waals surface area contributed by atoms with Gasteiger partial charge in [0.15, 0.2) is 0 Å². The number of aryl methyl sites for hydroxylation is 1. The minimum atomic E-state index is 0.984. The Bertz CT molecular complexity index is 635. The van der Waals surface area contributed by atoms with Crippen molar-refractivity contribution in [3.05, 3.63) is 71.4 Å². The van der Waals surface area contributed by atoms with Crippen LogP contribution in [0.4, 0.5) is 0 Å². The molecule has 0 bridgehead atoms. The highest BCUT2D eigenvalue weighted by molar-refractivity contribution is 5.86. The van der Waals surface area contributed by atoms with E-state index in [4.69, 9.17) is 0 Å². The minimum absolute atomic E-state index is 0.984. The normalized spacial score (nSPS) is 10.9. The Hall–Kier alpha value is -2.02. The van der Waals surface area contributed by atoms with Crippen LogP contribution in [0.25, 0.3) is 10.9 Å². The maximum atomic E-state index is 3.38. The van der Waals surface area contributed by atoms with Gasteiger partial charge in [-0.15, -0.1) is 0 Å². The summed E-state index contributed by atoms with van der Waals surface area (Å²) < 4.78 is 0. The van der Waals surface area contributed by atoms with Gasteiger partial charge in [0, 0.05) is 17.1 Å². The fourth-order valence-corrected chi connectivity index (χ4v) is 2.32. The van der Waals surface area contributed by atoms with E-state index >= 15 is 0 Å². The molecule has 0 saturated heterocycles. The van der Waals surface area contributed by atoms with Crippen LogP contribution in [0.2, 0.25) is 0 Å². The second-order valence-electron chi connectivity index (χ2n) is 4.47. The summed E-state index contributed by atoms with van der Waals surface area (Å²) in [6.07, 6.45) is 3.07. The number of hydrogen-bond acceptors (Lipinski definition) is 0. The van der Waals surface area contributed by atoms with Gasteiger partial charge in [0.1, 0.15) is 0 Å². The highest BCUT2D eigenvalue weighted by atomic mass is 14.7. The molecule has 0 spiro atoms. The quantitative estimate of drug-likeness (QED) is 0.671. The third-order valence-corrected chi connectivity index (χ3v) is 3.25. The lowest BCUT2D eigenvalue weighted by molar-refractivity contribution is 1.20. The fourth-order valence-electron chi connectivity index (χ4n) is 2.32. The zero-order valence-corrected chi connectivity index (χ0v) is 9.90. The maximum absolute atomic E-state index is 3.38. The van der Waals surface area contributed by atoms with Crippen molar-refractivity contribution in [1.82, 2.24) is 4.98 Å². The number of rotatable bonds is 2. The summed E-state index contributed by atoms with van der Waals surface area (Å²) in [4.78, 5) is 3.38. The molecule has 0 atom stereocenters. The van der Waals surface area contributed by atoms with Gasteiger partial charge in [-0.05, 0) is 30.0 Å². The van der Waals surface area contributed by atoms with Crippen molar-refractivity contribution in [2.45, 2.75) is 13.3 Å². The molecule has 2 aromatic carbocycles. The van der Waals surface area contributed by atoms with Crippen LogP contribution in [0.15, 0.2) is 54.7 Å². The molecule has 1 N–H and O–H groups in total. The largest absolute Gasteiger partial charge is 0.361 e. The molecular weight excluding hydrogens is 206 g/mol. The lowest BCUT2D eigenvalue weighted by Gasteiger charge is -2.04. The van der Waals surface area contributed by atoms with Crippen LogP contribution in [-0.2, 0) is 6.42 Å². The maximum Gasteiger partial charge on any atom is 0.0492 e. The van der Waals surface area contributed by atoms with Crippen LogP contribution in [0, 0.1) is 6.92 Å². The van der Waals surface area contributed by atoms with Gasteiger partial charge in [-0.3, -0.25) is 0 Å². The summed E-state index contributed by atoms with van der Waals surface area (Å²) >= 11 is 0. The Kier molecular flexibility index (Phi) is 2.45. The van der Waals surface area contributed by atoms with Crippen molar-refractivity contribution in [1.29, 1.82) is 0 Å². The summed E-state index contributed by atoms with van der Waals surface area (Å²) in [6, 6.07) is 17.1. The highest BCUT2D eigenvalue weighted by Crippen LogP contribution is 2.22. The molecule has 0 aliphatic heterocycles. The molecule has 0 aliphatic carbocycles. The van der Waals surface area contributed by atoms with Crippen molar-refractivity contribution in [2.75, 3.05) is 0 Å². The van der Waals surface area contributed by atoms with Gasteiger partial charge in [0.05, 0.1) is 0 Å². The topological polar surface area (TPSA) is 15.8 Å². The molecule has 0 aliphatic rings. The predicted molar refractivity (Wildman–Crippen MR) is 72.3 cm³/mol. The number of H-pyrrole nitrogens is 1. The summed E-state index contributed by atoms with van der Waals surface area (Å²) in [7, 11) is 0. The molecule has 1 heteroatoms. The molecule has 1 nitrogen and oxygen atoms in total. The Morgan fingerprint density at radius 1 is 0.941 bits per heavy atom. The predicted octanol–water partition coefficient (Wildman–Crippen LogP) is 4.07. The number of aromatic nitrogens is 1. The van der Waals surface area contributed by atoms with E-state index < -0.39 is 0 Å². The minimum Gasteiger partial charge on any atom is -0.361 e. The van der Waals surface area contributed by atoms with Gasteiger partial charge in [-0.25, -0.2) is 0 Å². The van der Waals surface area contributed by atoms with Crippen molar-refractivity contribution in [3.63, 3.8) is 0 Å². The molecule has 0 fully saturated rings. The molecule has 1 heterocycles. The third kappa shape index (κ3) is 1.84. The lowest BCUT2D eigenvalue weighted by atomic mass is 10.0. The van der Waals surface area contributed by atoms with E-state index in [1.54, 1.807) is 0 Å². The molecular formula is C16H15N. The number of hydrogen-bond donors (Lipinski definition) is 1. The first-order valence-electron chi connectivity index (χ1n) is 5.94. The van der Waals surface area contributed by atoms with Gasteiger partial charge >= 0.3 is 0 Å². The van der Waals surface area contributed by atoms with E-state index in [1.165, 1.54) is 27.6 Å². The van der Waals surface area contributed by atoms with Crippen LogP contribution < -0.4 is 0 Å². The SMILES string of the molecule is Cc1c[nH]c2c(Cc3ccccc3)cccc12. The van der Waals surface area contributed by atoms with Gasteiger partial charge in [-0.1, -0.05) is 48.5 Å². The standard InChI is InChI=1S/C16H15N/c1-12-11-17-16-14(8-5-9-15(12)16)10-13-6-3-2-4-7-13/h2-9,11,17H,10H2,1H3. The molecule has 17 heavy (non-hydrogen) atoms. The molecule has 3 aromatic rings. The number of benzene rings is 2. The first kappa shape index (κ1) is 10.2. The zero-order chi connectivity index (χ0) is 11.7. The molecule has 1 aromatic heterocycles. The van der Waals surface area contributed by atoms with Crippen LogP contribution >= 0.6 is 0 Å². The summed E-state index contributed by atoms with van der Waals surface area (Å²) in [5.74, 6) is 0. The number of para-hydroxylation sites is 1. The van der Waals surface area contributed by atoms with E-state index in [9.17, 15) is 0 Å². The number of nitrogens with one attached hydrogen (secondary N) is 1. The second-order valence-corrected chi connectivity index (χ2v) is 4.47. The van der Waals surface area contributed by atoms with Crippen LogP contribution in [0.1, 0.15) is 16.7 Å². The molecule has 3 rings (SSSR count). The Morgan fingerprint density at radius 3 is 2.59 bits per heavy atom. The van der Waals surface area contributed by atoms with Crippen LogP contribution in [0.5, 0.6) is 0 Å². The van der Waals surface area contributed by atoms with E-state index in [0.29, 0.717) is 0 Å². The summed E-state index contributed by atoms with van der Waals surface area (Å²) in [6.45, 7) is 2.14. The summed E-state index contributed by atoms with van der Waals surface area (Å²) in [5, 5.41) is 1.33. The van der Waals surface area contributed by atoms with Crippen LogP contribution in [0.3, 0.4) is 0 Å². The van der Waals surface area contributed by atoms with Crippen molar-refractivity contribution < 1.29 is 0 Å². The van der Waals surface area contributed by atoms with E-state index in [1.807, 2.05) is 0 Å². The van der Waals surface area contributed by atoms with E-state index in [0.717, 1.165) is 6.42 Å². The first-order chi connectivity index (χ1) is 8.34. The van der Waals surface area contributed by atoms with Crippen LogP contribution in [-0.4, -0.2) is 4.98 Å². The van der Waals surface area contributed by atoms with Gasteiger partial charge < -0.3 is 4.98 Å². The van der Waals surface area contributed by atoms with Crippen molar-refractivity contribution in [3.8, 4) is 0 Å². The molecule has 84 valence electrons. The van der Waals surface area contributed by atoms with Gasteiger partial charge in [-0.2, -0.15) is 0 Å². The average Bonchev–Trinajstić information content (AvgIpc) is 2.74. The molecule has 0 amide bonds. The van der Waals surface area contributed by atoms with E-state index in [2.05, 4.69) is 66.6 Å². The monoisotopic (exact) mass is 221 g/mol. The number of aromatic amines is 1. The Balaban J connectivity index is 2.06. The second kappa shape index (κ2) is 4.10.